The van der Waals surface area contributed by atoms with Gasteiger partial charge in [-0.25, -0.2) is 0 Å². The Morgan fingerprint density at radius 1 is 1.46 bits per heavy atom. The number of aromatic amines is 1. The number of carbonyl (C=O) groups excluding carboxylic acids is 1. The highest BCUT2D eigenvalue weighted by atomic mass is 16.5. The standard InChI is InChI=1S/C18H17N5O3/c1-3-23-13-7-5-4-6-10(13)18(17(23)24)11(8-19)15(20)26-16-14(18)12(9-25-2)21-22-16/h4-7H,3,9,20H2,1-2H3,(H,21,22)/t18-/m1/s1. The Labute approximate surface area is 149 Å². The molecular weight excluding hydrogens is 334 g/mol. The Hall–Kier alpha value is -3.31. The summed E-state index contributed by atoms with van der Waals surface area (Å²) in [5.74, 6) is -0.171. The molecular formula is C18H17N5O3. The molecule has 3 heterocycles. The van der Waals surface area contributed by atoms with Gasteiger partial charge < -0.3 is 20.1 Å². The van der Waals surface area contributed by atoms with Crippen LogP contribution in [0.4, 0.5) is 5.69 Å². The predicted octanol–water partition coefficient (Wildman–Crippen LogP) is 1.29. The molecule has 2 aliphatic rings. The van der Waals surface area contributed by atoms with Crippen LogP contribution in [0.3, 0.4) is 0 Å². The van der Waals surface area contributed by atoms with Crippen molar-refractivity contribution in [3.05, 3.63) is 52.5 Å². The zero-order valence-corrected chi connectivity index (χ0v) is 14.4. The summed E-state index contributed by atoms with van der Waals surface area (Å²) < 4.78 is 10.8. The number of fused-ring (bicyclic) bond motifs is 4. The second kappa shape index (κ2) is 5.61. The van der Waals surface area contributed by atoms with Crippen LogP contribution in [0.25, 0.3) is 0 Å². The average Bonchev–Trinajstić information content (AvgIpc) is 3.14. The van der Waals surface area contributed by atoms with Crippen molar-refractivity contribution in [3.8, 4) is 11.9 Å². The predicted molar refractivity (Wildman–Crippen MR) is 92.0 cm³/mol. The number of hydrogen-bond acceptors (Lipinski definition) is 6. The summed E-state index contributed by atoms with van der Waals surface area (Å²) >= 11 is 0. The lowest BCUT2D eigenvalue weighted by Gasteiger charge is -2.32. The fraction of sp³-hybridized carbons (Fsp3) is 0.278. The van der Waals surface area contributed by atoms with Crippen molar-refractivity contribution in [2.45, 2.75) is 18.9 Å². The van der Waals surface area contributed by atoms with Crippen molar-refractivity contribution in [2.24, 2.45) is 5.73 Å². The second-order valence-corrected chi connectivity index (χ2v) is 6.09. The van der Waals surface area contributed by atoms with E-state index in [0.717, 1.165) is 5.69 Å². The van der Waals surface area contributed by atoms with E-state index in [1.807, 2.05) is 31.2 Å². The molecule has 0 saturated heterocycles. The van der Waals surface area contributed by atoms with Crippen molar-refractivity contribution in [1.29, 1.82) is 5.26 Å². The van der Waals surface area contributed by atoms with Crippen LogP contribution in [0.5, 0.6) is 5.88 Å². The highest BCUT2D eigenvalue weighted by Crippen LogP contribution is 2.55. The van der Waals surface area contributed by atoms with Crippen molar-refractivity contribution < 1.29 is 14.3 Å². The number of carbonyl (C=O) groups is 1. The average molecular weight is 351 g/mol. The number of hydrogen-bond donors (Lipinski definition) is 2. The second-order valence-electron chi connectivity index (χ2n) is 6.09. The molecule has 2 aliphatic heterocycles. The normalized spacial score (nSPS) is 20.8. The summed E-state index contributed by atoms with van der Waals surface area (Å²) in [6, 6.07) is 9.50. The largest absolute Gasteiger partial charge is 0.420 e. The molecule has 0 bridgehead atoms. The van der Waals surface area contributed by atoms with Crippen LogP contribution < -0.4 is 15.4 Å². The van der Waals surface area contributed by atoms with E-state index >= 15 is 0 Å². The van der Waals surface area contributed by atoms with Crippen LogP contribution in [-0.2, 0) is 21.6 Å². The number of ether oxygens (including phenoxy) is 2. The Kier molecular flexibility index (Phi) is 3.49. The SMILES string of the molecule is CCN1C(=O)[C@@]2(C(C#N)=C(N)Oc3n[nH]c(COC)c32)c2ccccc21. The van der Waals surface area contributed by atoms with Crippen LogP contribution in [0.15, 0.2) is 35.7 Å². The van der Waals surface area contributed by atoms with Crippen LogP contribution >= 0.6 is 0 Å². The molecule has 0 fully saturated rings. The number of aromatic nitrogens is 2. The number of benzene rings is 1. The first-order valence-corrected chi connectivity index (χ1v) is 8.17. The van der Waals surface area contributed by atoms with Crippen LogP contribution in [0.2, 0.25) is 0 Å². The number of H-pyrrole nitrogens is 1. The lowest BCUT2D eigenvalue weighted by atomic mass is 9.69. The number of nitrogens with two attached hydrogens (primary N) is 1. The first-order chi connectivity index (χ1) is 12.6. The van der Waals surface area contributed by atoms with Gasteiger partial charge in [0.15, 0.2) is 0 Å². The quantitative estimate of drug-likeness (QED) is 0.860. The fourth-order valence-corrected chi connectivity index (χ4v) is 3.92. The summed E-state index contributed by atoms with van der Waals surface area (Å²) in [5.41, 5.74) is 7.20. The first kappa shape index (κ1) is 16.2. The van der Waals surface area contributed by atoms with E-state index in [-0.39, 0.29) is 29.9 Å². The summed E-state index contributed by atoms with van der Waals surface area (Å²) in [7, 11) is 1.54. The number of nitrogens with zero attached hydrogens (tertiary/aromatic N) is 3. The van der Waals surface area contributed by atoms with E-state index < -0.39 is 5.41 Å². The molecule has 0 radical (unpaired) electrons. The van der Waals surface area contributed by atoms with E-state index in [4.69, 9.17) is 15.2 Å². The third-order valence-electron chi connectivity index (χ3n) is 4.89. The van der Waals surface area contributed by atoms with Gasteiger partial charge in [-0.15, -0.1) is 5.10 Å². The zero-order chi connectivity index (χ0) is 18.5. The third-order valence-corrected chi connectivity index (χ3v) is 4.89. The van der Waals surface area contributed by atoms with Gasteiger partial charge in [0.25, 0.3) is 0 Å². The van der Waals surface area contributed by atoms with Gasteiger partial charge in [0, 0.05) is 24.9 Å². The minimum atomic E-state index is -1.39. The van der Waals surface area contributed by atoms with E-state index in [1.165, 1.54) is 0 Å². The van der Waals surface area contributed by atoms with Crippen molar-refractivity contribution in [3.63, 3.8) is 0 Å². The van der Waals surface area contributed by atoms with Gasteiger partial charge in [-0.1, -0.05) is 18.2 Å². The maximum atomic E-state index is 13.6. The smallest absolute Gasteiger partial charge is 0.247 e. The minimum absolute atomic E-state index is 0.0668. The van der Waals surface area contributed by atoms with Crippen molar-refractivity contribution in [1.82, 2.24) is 10.2 Å². The number of rotatable bonds is 3. The molecule has 132 valence electrons. The molecule has 3 N–H and O–H groups in total. The first-order valence-electron chi connectivity index (χ1n) is 8.17. The number of likely N-dealkylation sites (N-methyl/N-ethyl adjacent to an activating group) is 1. The number of nitrogens with one attached hydrogen (secondary N) is 1. The maximum absolute atomic E-state index is 13.6. The molecule has 1 aromatic heterocycles. The van der Waals surface area contributed by atoms with Gasteiger partial charge in [0.2, 0.25) is 17.7 Å². The summed E-state index contributed by atoms with van der Waals surface area (Å²) in [6.07, 6.45) is 0. The molecule has 1 amide bonds. The number of nitriles is 1. The third kappa shape index (κ3) is 1.75. The topological polar surface area (TPSA) is 117 Å². The summed E-state index contributed by atoms with van der Waals surface area (Å²) in [6.45, 7) is 2.54. The van der Waals surface area contributed by atoms with Crippen LogP contribution in [0, 0.1) is 11.3 Å². The number of para-hydroxylation sites is 1. The molecule has 0 saturated carbocycles. The van der Waals surface area contributed by atoms with Gasteiger partial charge in [-0.2, -0.15) is 5.26 Å². The monoisotopic (exact) mass is 351 g/mol. The van der Waals surface area contributed by atoms with Gasteiger partial charge in [0.05, 0.1) is 17.9 Å². The van der Waals surface area contributed by atoms with Crippen molar-refractivity contribution >= 4 is 11.6 Å². The molecule has 1 aromatic carbocycles. The lowest BCUT2D eigenvalue weighted by Crippen LogP contribution is -2.46. The van der Waals surface area contributed by atoms with E-state index in [9.17, 15) is 10.1 Å². The number of amides is 1. The molecule has 2 aromatic rings. The van der Waals surface area contributed by atoms with Gasteiger partial charge in [-0.05, 0) is 13.0 Å². The molecule has 8 nitrogen and oxygen atoms in total. The maximum Gasteiger partial charge on any atom is 0.247 e. The highest BCUT2D eigenvalue weighted by molar-refractivity contribution is 6.14. The Balaban J connectivity index is 2.14. The van der Waals surface area contributed by atoms with Gasteiger partial charge in [0.1, 0.15) is 17.1 Å². The fourth-order valence-electron chi connectivity index (χ4n) is 3.92. The lowest BCUT2D eigenvalue weighted by molar-refractivity contribution is -0.120. The summed E-state index contributed by atoms with van der Waals surface area (Å²) in [5, 5.41) is 16.9. The molecule has 8 heteroatoms. The molecule has 4 rings (SSSR count). The number of anilines is 1. The van der Waals surface area contributed by atoms with Crippen molar-refractivity contribution in [2.75, 3.05) is 18.6 Å². The summed E-state index contributed by atoms with van der Waals surface area (Å²) in [4.78, 5) is 15.3. The van der Waals surface area contributed by atoms with E-state index in [1.54, 1.807) is 12.0 Å². The van der Waals surface area contributed by atoms with E-state index in [0.29, 0.717) is 23.4 Å². The van der Waals surface area contributed by atoms with Crippen LogP contribution in [0.1, 0.15) is 23.7 Å². The Bertz CT molecular complexity index is 987. The molecule has 0 unspecified atom stereocenters. The minimum Gasteiger partial charge on any atom is -0.420 e. The Morgan fingerprint density at radius 2 is 2.23 bits per heavy atom. The molecule has 0 aliphatic carbocycles. The van der Waals surface area contributed by atoms with E-state index in [2.05, 4.69) is 16.3 Å². The molecule has 26 heavy (non-hydrogen) atoms. The van der Waals surface area contributed by atoms with Crippen LogP contribution in [-0.4, -0.2) is 29.8 Å². The highest BCUT2D eigenvalue weighted by Gasteiger charge is 2.60. The Morgan fingerprint density at radius 3 is 2.92 bits per heavy atom. The van der Waals surface area contributed by atoms with Gasteiger partial charge in [-0.3, -0.25) is 9.89 Å². The molecule has 1 spiro atoms. The zero-order valence-electron chi connectivity index (χ0n) is 14.4. The number of methoxy groups -OCH3 is 1. The molecule has 1 atom stereocenters. The van der Waals surface area contributed by atoms with Gasteiger partial charge >= 0.3 is 0 Å².